The van der Waals surface area contributed by atoms with Crippen LogP contribution in [0.25, 0.3) is 0 Å². The number of hydrogen-bond donors (Lipinski definition) is 2. The molecule has 0 saturated carbocycles. The zero-order valence-corrected chi connectivity index (χ0v) is 15.1. The molecule has 29 heavy (non-hydrogen) atoms. The van der Waals surface area contributed by atoms with E-state index in [1.807, 2.05) is 0 Å². The van der Waals surface area contributed by atoms with E-state index in [1.165, 1.54) is 43.3 Å². The number of carboxylic acids is 1. The van der Waals surface area contributed by atoms with Crippen molar-refractivity contribution in [2.24, 2.45) is 0 Å². The number of nitrogens with zero attached hydrogens (tertiary/aromatic N) is 2. The van der Waals surface area contributed by atoms with E-state index < -0.39 is 42.5 Å². The predicted molar refractivity (Wildman–Crippen MR) is 95.2 cm³/mol. The molecule has 1 aromatic heterocycles. The van der Waals surface area contributed by atoms with E-state index >= 15 is 0 Å². The highest BCUT2D eigenvalue weighted by Gasteiger charge is 2.47. The Bertz CT molecular complexity index is 960. The fourth-order valence-corrected chi connectivity index (χ4v) is 3.43. The van der Waals surface area contributed by atoms with Crippen molar-refractivity contribution in [3.05, 3.63) is 59.3 Å². The fourth-order valence-electron chi connectivity index (χ4n) is 3.43. The third-order valence-electron chi connectivity index (χ3n) is 4.49. The molecule has 2 aromatic rings. The van der Waals surface area contributed by atoms with Crippen LogP contribution in [0, 0.1) is 0 Å². The van der Waals surface area contributed by atoms with Crippen LogP contribution in [-0.2, 0) is 9.59 Å². The number of halogens is 3. The van der Waals surface area contributed by atoms with Crippen LogP contribution in [0.2, 0.25) is 0 Å². The number of benzene rings is 1. The summed E-state index contributed by atoms with van der Waals surface area (Å²) in [5.41, 5.74) is 0.168. The van der Waals surface area contributed by atoms with Crippen LogP contribution >= 0.6 is 0 Å². The van der Waals surface area contributed by atoms with Crippen molar-refractivity contribution in [1.29, 1.82) is 0 Å². The Kier molecular flexibility index (Phi) is 5.27. The van der Waals surface area contributed by atoms with E-state index in [0.29, 0.717) is 4.90 Å². The molecule has 1 aromatic carbocycles. The van der Waals surface area contributed by atoms with Crippen molar-refractivity contribution in [3.8, 4) is 0 Å². The van der Waals surface area contributed by atoms with Gasteiger partial charge in [0, 0.05) is 18.7 Å². The Balaban J connectivity index is 2.14. The number of carbonyl (C=O) groups excluding carboxylic acids is 2. The number of nitrogens with one attached hydrogen (secondary N) is 1. The van der Waals surface area contributed by atoms with E-state index in [0.717, 1.165) is 6.20 Å². The molecule has 0 unspecified atom stereocenters. The van der Waals surface area contributed by atoms with Crippen LogP contribution in [0.3, 0.4) is 0 Å². The van der Waals surface area contributed by atoms with Crippen molar-refractivity contribution in [2.75, 3.05) is 11.9 Å². The first-order chi connectivity index (χ1) is 13.6. The average Bonchev–Trinajstić information content (AvgIpc) is 2.63. The summed E-state index contributed by atoms with van der Waals surface area (Å²) in [7, 11) is 0. The first-order valence-corrected chi connectivity index (χ1v) is 8.51. The van der Waals surface area contributed by atoms with E-state index in [9.17, 15) is 32.7 Å². The minimum absolute atomic E-state index is 0.0803. The van der Waals surface area contributed by atoms with Gasteiger partial charge in [-0.3, -0.25) is 14.4 Å². The second-order valence-corrected chi connectivity index (χ2v) is 6.55. The fraction of sp³-hybridized carbons (Fsp3) is 0.263. The number of fused-ring (bicyclic) bond motifs is 1. The number of rotatable bonds is 4. The van der Waals surface area contributed by atoms with Gasteiger partial charge in [-0.25, -0.2) is 4.98 Å². The van der Waals surface area contributed by atoms with Gasteiger partial charge in [-0.1, -0.05) is 24.3 Å². The predicted octanol–water partition coefficient (Wildman–Crippen LogP) is 2.97. The minimum atomic E-state index is -4.73. The number of anilines is 1. The third-order valence-corrected chi connectivity index (χ3v) is 4.49. The number of aliphatic carboxylic acids is 1. The monoisotopic (exact) mass is 407 g/mol. The van der Waals surface area contributed by atoms with Crippen molar-refractivity contribution in [2.45, 2.75) is 25.1 Å². The van der Waals surface area contributed by atoms with Crippen LogP contribution in [0.5, 0.6) is 0 Å². The Hall–Kier alpha value is -3.43. The maximum Gasteiger partial charge on any atom is 0.406 e. The van der Waals surface area contributed by atoms with Crippen LogP contribution < -0.4 is 5.32 Å². The van der Waals surface area contributed by atoms with Gasteiger partial charge < -0.3 is 15.3 Å². The molecule has 10 heteroatoms. The number of pyridine rings is 1. The third kappa shape index (κ3) is 4.20. The number of carboxylic acid groups (broad SMARTS) is 1. The number of aromatic nitrogens is 1. The molecule has 0 bridgehead atoms. The van der Waals surface area contributed by atoms with Gasteiger partial charge in [0.25, 0.3) is 5.91 Å². The number of hydrogen-bond acceptors (Lipinski definition) is 4. The number of amides is 2. The van der Waals surface area contributed by atoms with Gasteiger partial charge in [0.15, 0.2) is 0 Å². The summed E-state index contributed by atoms with van der Waals surface area (Å²) in [6.07, 6.45) is -3.57. The number of carbonyl (C=O) groups is 3. The average molecular weight is 407 g/mol. The molecule has 152 valence electrons. The molecule has 3 rings (SSSR count). The maximum atomic E-state index is 13.2. The molecule has 1 aliphatic heterocycles. The summed E-state index contributed by atoms with van der Waals surface area (Å²) in [5.74, 6) is -3.94. The number of alkyl halides is 3. The SMILES string of the molecule is CC(=O)Nc1ccc([C@H]2[C@@H](C(=O)O)c3ccccc3C(=O)N2CC(F)(F)F)cn1. The standard InChI is InChI=1S/C19H16F3N3O4/c1-10(26)24-14-7-6-11(8-23-14)16-15(18(28)29)12-4-2-3-5-13(12)17(27)25(16)9-19(20,21)22/h2-8,15-16H,9H2,1H3,(H,28,29)(H,23,24,26)/t15-,16-/m0/s1. The lowest BCUT2D eigenvalue weighted by molar-refractivity contribution is -0.153. The van der Waals surface area contributed by atoms with Gasteiger partial charge in [0.1, 0.15) is 18.3 Å². The van der Waals surface area contributed by atoms with E-state index in [2.05, 4.69) is 10.3 Å². The Morgan fingerprint density at radius 2 is 1.90 bits per heavy atom. The van der Waals surface area contributed by atoms with E-state index in [-0.39, 0.29) is 22.5 Å². The van der Waals surface area contributed by atoms with Gasteiger partial charge in [-0.15, -0.1) is 0 Å². The summed E-state index contributed by atoms with van der Waals surface area (Å²) in [6, 6.07) is 6.99. The smallest absolute Gasteiger partial charge is 0.406 e. The van der Waals surface area contributed by atoms with Gasteiger partial charge >= 0.3 is 12.1 Å². The minimum Gasteiger partial charge on any atom is -0.481 e. The Morgan fingerprint density at radius 3 is 2.45 bits per heavy atom. The molecule has 2 N–H and O–H groups in total. The summed E-state index contributed by atoms with van der Waals surface area (Å²) in [5, 5.41) is 12.2. The molecule has 7 nitrogen and oxygen atoms in total. The molecule has 1 aliphatic rings. The molecule has 0 spiro atoms. The maximum absolute atomic E-state index is 13.2. The van der Waals surface area contributed by atoms with E-state index in [1.54, 1.807) is 0 Å². The lowest BCUT2D eigenvalue weighted by Gasteiger charge is -2.40. The molecular formula is C19H16F3N3O4. The zero-order chi connectivity index (χ0) is 21.3. The summed E-state index contributed by atoms with van der Waals surface area (Å²) >= 11 is 0. The highest BCUT2D eigenvalue weighted by Crippen LogP contribution is 2.43. The van der Waals surface area contributed by atoms with E-state index in [4.69, 9.17) is 0 Å². The highest BCUT2D eigenvalue weighted by molar-refractivity contribution is 6.00. The summed E-state index contributed by atoms with van der Waals surface area (Å²) < 4.78 is 39.6. The van der Waals surface area contributed by atoms with Crippen LogP contribution in [0.4, 0.5) is 19.0 Å². The molecule has 0 radical (unpaired) electrons. The molecule has 2 amide bonds. The molecule has 2 heterocycles. The molecule has 0 fully saturated rings. The van der Waals surface area contributed by atoms with Gasteiger partial charge in [-0.2, -0.15) is 13.2 Å². The first kappa shape index (κ1) is 20.3. The Labute approximate surface area is 163 Å². The van der Waals surface area contributed by atoms with Crippen molar-refractivity contribution < 1.29 is 32.7 Å². The molecule has 2 atom stereocenters. The summed E-state index contributed by atoms with van der Waals surface area (Å²) in [6.45, 7) is -0.347. The normalized spacial score (nSPS) is 18.9. The molecule has 0 aliphatic carbocycles. The lowest BCUT2D eigenvalue weighted by atomic mass is 9.80. The van der Waals surface area contributed by atoms with Crippen molar-refractivity contribution >= 4 is 23.6 Å². The zero-order valence-electron chi connectivity index (χ0n) is 15.1. The Morgan fingerprint density at radius 1 is 1.21 bits per heavy atom. The molecule has 0 saturated heterocycles. The van der Waals surface area contributed by atoms with Gasteiger partial charge in [0.2, 0.25) is 5.91 Å². The van der Waals surface area contributed by atoms with Gasteiger partial charge in [0.05, 0.1) is 6.04 Å². The molecular weight excluding hydrogens is 391 g/mol. The first-order valence-electron chi connectivity index (χ1n) is 8.51. The second kappa shape index (κ2) is 7.53. The highest BCUT2D eigenvalue weighted by atomic mass is 19.4. The van der Waals surface area contributed by atoms with Crippen LogP contribution in [0.1, 0.15) is 40.4 Å². The van der Waals surface area contributed by atoms with Crippen molar-refractivity contribution in [3.63, 3.8) is 0 Å². The van der Waals surface area contributed by atoms with Gasteiger partial charge in [-0.05, 0) is 23.3 Å². The largest absolute Gasteiger partial charge is 0.481 e. The van der Waals surface area contributed by atoms with Crippen molar-refractivity contribution in [1.82, 2.24) is 9.88 Å². The second-order valence-electron chi connectivity index (χ2n) is 6.55. The lowest BCUT2D eigenvalue weighted by Crippen LogP contribution is -2.48. The quantitative estimate of drug-likeness (QED) is 0.812. The topological polar surface area (TPSA) is 99.6 Å². The summed E-state index contributed by atoms with van der Waals surface area (Å²) in [4.78, 5) is 40.4. The van der Waals surface area contributed by atoms with Crippen LogP contribution in [-0.4, -0.2) is 45.5 Å². The van der Waals surface area contributed by atoms with Crippen LogP contribution in [0.15, 0.2) is 42.6 Å².